The summed E-state index contributed by atoms with van der Waals surface area (Å²) in [4.78, 5) is 22.8. The summed E-state index contributed by atoms with van der Waals surface area (Å²) in [5.74, 6) is -0.327. The number of nitrogens with one attached hydrogen (secondary N) is 2. The van der Waals surface area contributed by atoms with Crippen LogP contribution < -0.4 is 10.6 Å². The lowest BCUT2D eigenvalue weighted by atomic mass is 10.2. The highest BCUT2D eigenvalue weighted by Gasteiger charge is 2.05. The average Bonchev–Trinajstić information content (AvgIpc) is 2.37. The molecule has 1 aromatic carbocycles. The highest BCUT2D eigenvalue weighted by molar-refractivity contribution is 9.09. The molecular weight excluding hydrogens is 300 g/mol. The van der Waals surface area contributed by atoms with E-state index in [0.717, 1.165) is 0 Å². The summed E-state index contributed by atoms with van der Waals surface area (Å²) >= 11 is 3.18. The topological polar surface area (TPSA) is 78.4 Å². The van der Waals surface area contributed by atoms with Gasteiger partial charge in [-0.25, -0.2) is 0 Å². The van der Waals surface area contributed by atoms with Gasteiger partial charge in [-0.05, 0) is 24.3 Å². The fourth-order valence-corrected chi connectivity index (χ4v) is 1.65. The smallest absolute Gasteiger partial charge is 0.251 e. The number of hydrogen-bond acceptors (Lipinski definition) is 3. The Hall–Kier alpha value is -1.40. The minimum Gasteiger partial charge on any atom is -0.395 e. The van der Waals surface area contributed by atoms with Crippen molar-refractivity contribution < 1.29 is 14.7 Å². The Kier molecular flexibility index (Phi) is 6.38. The summed E-state index contributed by atoms with van der Waals surface area (Å²) in [6, 6.07) is 6.58. The van der Waals surface area contributed by atoms with Crippen molar-refractivity contribution in [2.45, 2.75) is 6.42 Å². The number of alkyl halides is 1. The quantitative estimate of drug-likeness (QED) is 0.689. The number of aliphatic hydroxyl groups is 1. The van der Waals surface area contributed by atoms with Gasteiger partial charge < -0.3 is 15.7 Å². The van der Waals surface area contributed by atoms with Crippen molar-refractivity contribution in [2.24, 2.45) is 0 Å². The SMILES string of the molecule is O=C(CCBr)Nc1ccc(C(=O)NCCO)cc1. The van der Waals surface area contributed by atoms with E-state index >= 15 is 0 Å². The standard InChI is InChI=1S/C12H15BrN2O3/c13-6-5-11(17)15-10-3-1-9(2-4-10)12(18)14-7-8-16/h1-4,16H,5-8H2,(H,14,18)(H,15,17). The van der Waals surface area contributed by atoms with Gasteiger partial charge in [0, 0.05) is 29.5 Å². The summed E-state index contributed by atoms with van der Waals surface area (Å²) in [7, 11) is 0. The largest absolute Gasteiger partial charge is 0.395 e. The first-order valence-electron chi connectivity index (χ1n) is 5.52. The lowest BCUT2D eigenvalue weighted by Gasteiger charge is -2.06. The first kappa shape index (κ1) is 14.7. The summed E-state index contributed by atoms with van der Waals surface area (Å²) in [6.07, 6.45) is 0.402. The van der Waals surface area contributed by atoms with Gasteiger partial charge in [0.1, 0.15) is 0 Å². The van der Waals surface area contributed by atoms with Crippen LogP contribution in [-0.4, -0.2) is 35.4 Å². The minimum absolute atomic E-state index is 0.0793. The molecule has 0 radical (unpaired) electrons. The Morgan fingerprint density at radius 3 is 2.44 bits per heavy atom. The van der Waals surface area contributed by atoms with Gasteiger partial charge in [-0.2, -0.15) is 0 Å². The maximum Gasteiger partial charge on any atom is 0.251 e. The molecular formula is C12H15BrN2O3. The van der Waals surface area contributed by atoms with E-state index in [1.54, 1.807) is 24.3 Å². The van der Waals surface area contributed by atoms with E-state index in [9.17, 15) is 9.59 Å². The Bertz CT molecular complexity index is 406. The number of halogens is 1. The van der Waals surface area contributed by atoms with Crippen molar-refractivity contribution in [3.63, 3.8) is 0 Å². The molecule has 0 fully saturated rings. The van der Waals surface area contributed by atoms with Crippen LogP contribution in [0.5, 0.6) is 0 Å². The third kappa shape index (κ3) is 4.85. The molecule has 2 amide bonds. The molecule has 0 spiro atoms. The zero-order valence-electron chi connectivity index (χ0n) is 9.78. The molecule has 0 atom stereocenters. The van der Waals surface area contributed by atoms with E-state index in [4.69, 9.17) is 5.11 Å². The van der Waals surface area contributed by atoms with Gasteiger partial charge in [0.15, 0.2) is 0 Å². The molecule has 0 unspecified atom stereocenters. The summed E-state index contributed by atoms with van der Waals surface area (Å²) in [6.45, 7) is 0.134. The van der Waals surface area contributed by atoms with E-state index in [-0.39, 0.29) is 25.0 Å². The Morgan fingerprint density at radius 2 is 1.89 bits per heavy atom. The molecule has 5 nitrogen and oxygen atoms in total. The zero-order valence-corrected chi connectivity index (χ0v) is 11.4. The van der Waals surface area contributed by atoms with Crippen LogP contribution in [0.1, 0.15) is 16.8 Å². The normalized spacial score (nSPS) is 9.89. The molecule has 0 saturated heterocycles. The van der Waals surface area contributed by atoms with Crippen molar-refractivity contribution in [1.82, 2.24) is 5.32 Å². The second kappa shape index (κ2) is 7.84. The van der Waals surface area contributed by atoms with Crippen LogP contribution in [0.2, 0.25) is 0 Å². The molecule has 98 valence electrons. The van der Waals surface area contributed by atoms with E-state index in [0.29, 0.717) is 23.0 Å². The number of aliphatic hydroxyl groups excluding tert-OH is 1. The van der Waals surface area contributed by atoms with Gasteiger partial charge in [-0.1, -0.05) is 15.9 Å². The molecule has 6 heteroatoms. The summed E-state index contributed by atoms with van der Waals surface area (Å²) in [5, 5.41) is 14.5. The summed E-state index contributed by atoms with van der Waals surface area (Å²) < 4.78 is 0. The van der Waals surface area contributed by atoms with E-state index in [1.807, 2.05) is 0 Å². The lowest BCUT2D eigenvalue weighted by molar-refractivity contribution is -0.115. The van der Waals surface area contributed by atoms with Crippen molar-refractivity contribution in [3.05, 3.63) is 29.8 Å². The number of rotatable bonds is 6. The fourth-order valence-electron chi connectivity index (χ4n) is 1.29. The van der Waals surface area contributed by atoms with Crippen molar-refractivity contribution in [3.8, 4) is 0 Å². The Labute approximate surface area is 114 Å². The highest BCUT2D eigenvalue weighted by Crippen LogP contribution is 2.10. The molecule has 0 bridgehead atoms. The minimum atomic E-state index is -0.248. The van der Waals surface area contributed by atoms with Crippen LogP contribution in [0.15, 0.2) is 24.3 Å². The van der Waals surface area contributed by atoms with E-state index in [1.165, 1.54) is 0 Å². The van der Waals surface area contributed by atoms with Gasteiger partial charge in [0.2, 0.25) is 5.91 Å². The summed E-state index contributed by atoms with van der Waals surface area (Å²) in [5.41, 5.74) is 1.14. The number of amides is 2. The maximum atomic E-state index is 11.5. The second-order valence-electron chi connectivity index (χ2n) is 3.54. The first-order chi connectivity index (χ1) is 8.67. The Morgan fingerprint density at radius 1 is 1.22 bits per heavy atom. The number of carbonyl (C=O) groups is 2. The van der Waals surface area contributed by atoms with Crippen molar-refractivity contribution in [2.75, 3.05) is 23.8 Å². The first-order valence-corrected chi connectivity index (χ1v) is 6.64. The number of benzene rings is 1. The van der Waals surface area contributed by atoms with Gasteiger partial charge >= 0.3 is 0 Å². The third-order valence-corrected chi connectivity index (χ3v) is 2.55. The molecule has 18 heavy (non-hydrogen) atoms. The molecule has 1 rings (SSSR count). The fraction of sp³-hybridized carbons (Fsp3) is 0.333. The van der Waals surface area contributed by atoms with E-state index in [2.05, 4.69) is 26.6 Å². The van der Waals surface area contributed by atoms with Crippen LogP contribution in [-0.2, 0) is 4.79 Å². The molecule has 3 N–H and O–H groups in total. The van der Waals surface area contributed by atoms with Gasteiger partial charge in [-0.3, -0.25) is 9.59 Å². The van der Waals surface area contributed by atoms with Crippen LogP contribution in [0.4, 0.5) is 5.69 Å². The lowest BCUT2D eigenvalue weighted by Crippen LogP contribution is -2.26. The monoisotopic (exact) mass is 314 g/mol. The molecule has 1 aromatic rings. The van der Waals surface area contributed by atoms with Crippen LogP contribution in [0.25, 0.3) is 0 Å². The molecule has 0 aliphatic heterocycles. The molecule has 0 saturated carbocycles. The predicted octanol–water partition coefficient (Wildman–Crippen LogP) is 1.13. The van der Waals surface area contributed by atoms with Crippen LogP contribution >= 0.6 is 15.9 Å². The number of hydrogen-bond donors (Lipinski definition) is 3. The molecule has 0 aromatic heterocycles. The Balaban J connectivity index is 2.57. The van der Waals surface area contributed by atoms with Gasteiger partial charge in [0.25, 0.3) is 5.91 Å². The van der Waals surface area contributed by atoms with Crippen LogP contribution in [0.3, 0.4) is 0 Å². The van der Waals surface area contributed by atoms with Gasteiger partial charge in [-0.15, -0.1) is 0 Å². The maximum absolute atomic E-state index is 11.5. The molecule has 0 aliphatic carbocycles. The van der Waals surface area contributed by atoms with Gasteiger partial charge in [0.05, 0.1) is 6.61 Å². The van der Waals surface area contributed by atoms with Crippen molar-refractivity contribution >= 4 is 33.4 Å². The highest BCUT2D eigenvalue weighted by atomic mass is 79.9. The third-order valence-electron chi connectivity index (χ3n) is 2.15. The van der Waals surface area contributed by atoms with Crippen LogP contribution in [0, 0.1) is 0 Å². The predicted molar refractivity (Wildman–Crippen MR) is 72.9 cm³/mol. The van der Waals surface area contributed by atoms with E-state index < -0.39 is 0 Å². The second-order valence-corrected chi connectivity index (χ2v) is 4.34. The molecule has 0 aliphatic rings. The average molecular weight is 315 g/mol. The zero-order chi connectivity index (χ0) is 13.4. The molecule has 0 heterocycles. The number of carbonyl (C=O) groups excluding carboxylic acids is 2. The van der Waals surface area contributed by atoms with Crippen molar-refractivity contribution in [1.29, 1.82) is 0 Å². The number of anilines is 1.